The van der Waals surface area contributed by atoms with Crippen LogP contribution < -0.4 is 24.2 Å². The van der Waals surface area contributed by atoms with Crippen LogP contribution in [0.15, 0.2) is 65.6 Å². The Morgan fingerprint density at radius 3 is 2.32 bits per heavy atom. The summed E-state index contributed by atoms with van der Waals surface area (Å²) in [5.41, 5.74) is 1.58. The lowest BCUT2D eigenvalue weighted by Crippen LogP contribution is -2.13. The first-order valence-corrected chi connectivity index (χ1v) is 10.8. The number of carbonyl (C=O) groups excluding carboxylic acids is 1. The maximum absolute atomic E-state index is 12.9. The molecule has 0 bridgehead atoms. The topological polar surface area (TPSA) is 103 Å². The van der Waals surface area contributed by atoms with Gasteiger partial charge in [-0.2, -0.15) is 0 Å². The number of hydrogen-bond acceptors (Lipinski definition) is 6. The number of fused-ring (bicyclic) bond motifs is 1. The fourth-order valence-corrected chi connectivity index (χ4v) is 4.28. The molecule has 4 rings (SSSR count). The van der Waals surface area contributed by atoms with Gasteiger partial charge in [0, 0.05) is 11.8 Å². The second-order valence-electron chi connectivity index (χ2n) is 6.79. The quantitative estimate of drug-likeness (QED) is 0.579. The molecule has 0 atom stereocenters. The van der Waals surface area contributed by atoms with Crippen LogP contribution in [-0.4, -0.2) is 28.5 Å². The Morgan fingerprint density at radius 1 is 0.871 bits per heavy atom. The molecular weight excluding hydrogens is 420 g/mol. The Kier molecular flexibility index (Phi) is 5.43. The zero-order valence-electron chi connectivity index (χ0n) is 16.8. The largest absolute Gasteiger partial charge is 0.497 e. The van der Waals surface area contributed by atoms with Gasteiger partial charge in [0.25, 0.3) is 10.0 Å². The number of ether oxygens (including phenoxy) is 3. The minimum absolute atomic E-state index is 0.0659. The minimum Gasteiger partial charge on any atom is -0.497 e. The first kappa shape index (κ1) is 20.5. The molecule has 1 amide bonds. The van der Waals surface area contributed by atoms with Gasteiger partial charge in [-0.1, -0.05) is 0 Å². The predicted molar refractivity (Wildman–Crippen MR) is 116 cm³/mol. The SMILES string of the molecule is COc1ccc(Oc2cc(NS(=O)(=O)c3ccc4c(c3)CC(=O)N4)ccc2OC)cc1. The normalized spacial score (nSPS) is 12.6. The third-order valence-electron chi connectivity index (χ3n) is 4.72. The van der Waals surface area contributed by atoms with Gasteiger partial charge in [0.15, 0.2) is 11.5 Å². The van der Waals surface area contributed by atoms with Gasteiger partial charge in [0.1, 0.15) is 11.5 Å². The highest BCUT2D eigenvalue weighted by Crippen LogP contribution is 2.35. The van der Waals surface area contributed by atoms with Crippen molar-refractivity contribution in [3.63, 3.8) is 0 Å². The fourth-order valence-electron chi connectivity index (χ4n) is 3.18. The highest BCUT2D eigenvalue weighted by atomic mass is 32.2. The second-order valence-corrected chi connectivity index (χ2v) is 8.48. The van der Waals surface area contributed by atoms with Crippen molar-refractivity contribution in [2.75, 3.05) is 24.3 Å². The molecule has 0 saturated carbocycles. The molecule has 0 aromatic heterocycles. The predicted octanol–water partition coefficient (Wildman–Crippen LogP) is 3.79. The van der Waals surface area contributed by atoms with Crippen molar-refractivity contribution in [2.45, 2.75) is 11.3 Å². The van der Waals surface area contributed by atoms with E-state index in [0.29, 0.717) is 39.9 Å². The first-order valence-electron chi connectivity index (χ1n) is 9.33. The van der Waals surface area contributed by atoms with Crippen LogP contribution in [0.25, 0.3) is 0 Å². The van der Waals surface area contributed by atoms with Crippen molar-refractivity contribution in [1.29, 1.82) is 0 Å². The van der Waals surface area contributed by atoms with Gasteiger partial charge in [-0.25, -0.2) is 8.42 Å². The van der Waals surface area contributed by atoms with Gasteiger partial charge < -0.3 is 19.5 Å². The highest BCUT2D eigenvalue weighted by molar-refractivity contribution is 7.92. The van der Waals surface area contributed by atoms with E-state index in [4.69, 9.17) is 14.2 Å². The van der Waals surface area contributed by atoms with Crippen molar-refractivity contribution in [3.8, 4) is 23.0 Å². The Balaban J connectivity index is 1.59. The van der Waals surface area contributed by atoms with E-state index in [1.54, 1.807) is 55.6 Å². The molecular formula is C22H20N2O6S. The average molecular weight is 440 g/mol. The summed E-state index contributed by atoms with van der Waals surface area (Å²) >= 11 is 0. The van der Waals surface area contributed by atoms with E-state index < -0.39 is 10.0 Å². The third kappa shape index (κ3) is 4.41. The zero-order valence-corrected chi connectivity index (χ0v) is 17.7. The minimum atomic E-state index is -3.87. The molecule has 8 nitrogen and oxygen atoms in total. The summed E-state index contributed by atoms with van der Waals surface area (Å²) in [5, 5.41) is 2.68. The lowest BCUT2D eigenvalue weighted by atomic mass is 10.2. The number of anilines is 2. The van der Waals surface area contributed by atoms with Gasteiger partial charge in [-0.05, 0) is 60.2 Å². The molecule has 0 spiro atoms. The van der Waals surface area contributed by atoms with E-state index in [2.05, 4.69) is 10.0 Å². The maximum Gasteiger partial charge on any atom is 0.261 e. The first-order chi connectivity index (χ1) is 14.9. The molecule has 0 fully saturated rings. The van der Waals surface area contributed by atoms with Gasteiger partial charge >= 0.3 is 0 Å². The Labute approximate surface area is 179 Å². The Morgan fingerprint density at radius 2 is 1.61 bits per heavy atom. The summed E-state index contributed by atoms with van der Waals surface area (Å²) in [7, 11) is -0.799. The van der Waals surface area contributed by atoms with Gasteiger partial charge in [-0.15, -0.1) is 0 Å². The van der Waals surface area contributed by atoms with E-state index in [1.165, 1.54) is 19.2 Å². The number of carbonyl (C=O) groups is 1. The van der Waals surface area contributed by atoms with E-state index in [9.17, 15) is 13.2 Å². The molecule has 3 aromatic rings. The fraction of sp³-hybridized carbons (Fsp3) is 0.136. The van der Waals surface area contributed by atoms with Crippen molar-refractivity contribution >= 4 is 27.3 Å². The summed E-state index contributed by atoms with van der Waals surface area (Å²) in [6, 6.07) is 16.2. The molecule has 0 saturated heterocycles. The molecule has 9 heteroatoms. The van der Waals surface area contributed by atoms with Crippen LogP contribution in [0.4, 0.5) is 11.4 Å². The van der Waals surface area contributed by atoms with Crippen molar-refractivity contribution in [2.24, 2.45) is 0 Å². The number of hydrogen-bond donors (Lipinski definition) is 2. The molecule has 0 radical (unpaired) electrons. The molecule has 2 N–H and O–H groups in total. The molecule has 31 heavy (non-hydrogen) atoms. The summed E-state index contributed by atoms with van der Waals surface area (Å²) in [6.07, 6.45) is 0.154. The third-order valence-corrected chi connectivity index (χ3v) is 6.09. The number of nitrogens with one attached hydrogen (secondary N) is 2. The molecule has 1 aliphatic rings. The number of methoxy groups -OCH3 is 2. The molecule has 0 unspecified atom stereocenters. The van der Waals surface area contributed by atoms with Gasteiger partial charge in [-0.3, -0.25) is 9.52 Å². The number of benzene rings is 3. The lowest BCUT2D eigenvalue weighted by molar-refractivity contribution is -0.115. The van der Waals surface area contributed by atoms with E-state index in [0.717, 1.165) is 0 Å². The molecule has 160 valence electrons. The Bertz CT molecular complexity index is 1240. The molecule has 1 heterocycles. The number of amides is 1. The van der Waals surface area contributed by atoms with Crippen LogP contribution in [0.2, 0.25) is 0 Å². The van der Waals surface area contributed by atoms with Crippen LogP contribution in [0.3, 0.4) is 0 Å². The van der Waals surface area contributed by atoms with Crippen molar-refractivity contribution < 1.29 is 27.4 Å². The smallest absolute Gasteiger partial charge is 0.261 e. The summed E-state index contributed by atoms with van der Waals surface area (Å²) in [4.78, 5) is 11.6. The number of sulfonamides is 1. The molecule has 0 aliphatic carbocycles. The molecule has 3 aromatic carbocycles. The van der Waals surface area contributed by atoms with Crippen molar-refractivity contribution in [1.82, 2.24) is 0 Å². The molecule has 1 aliphatic heterocycles. The average Bonchev–Trinajstić information content (AvgIpc) is 3.13. The summed E-state index contributed by atoms with van der Waals surface area (Å²) in [5.74, 6) is 1.85. The monoisotopic (exact) mass is 440 g/mol. The van der Waals surface area contributed by atoms with Crippen LogP contribution in [0, 0.1) is 0 Å². The van der Waals surface area contributed by atoms with Gasteiger partial charge in [0.05, 0.1) is 31.2 Å². The van der Waals surface area contributed by atoms with E-state index in [1.807, 2.05) is 0 Å². The van der Waals surface area contributed by atoms with E-state index in [-0.39, 0.29) is 17.2 Å². The summed E-state index contributed by atoms with van der Waals surface area (Å²) < 4.78 is 44.6. The van der Waals surface area contributed by atoms with Crippen LogP contribution >= 0.6 is 0 Å². The van der Waals surface area contributed by atoms with Crippen LogP contribution in [-0.2, 0) is 21.2 Å². The van der Waals surface area contributed by atoms with Gasteiger partial charge in [0.2, 0.25) is 5.91 Å². The summed E-state index contributed by atoms with van der Waals surface area (Å²) in [6.45, 7) is 0. The Hall–Kier alpha value is -3.72. The second kappa shape index (κ2) is 8.19. The number of rotatable bonds is 7. The van der Waals surface area contributed by atoms with Crippen molar-refractivity contribution in [3.05, 3.63) is 66.2 Å². The zero-order chi connectivity index (χ0) is 22.0. The standard InChI is InChI=1S/C22H20N2O6S/c1-28-16-4-6-17(7-5-16)30-21-13-15(3-10-20(21)29-2)24-31(26,27)18-8-9-19-14(11-18)12-22(25)23-19/h3-11,13,24H,12H2,1-2H3,(H,23,25). The van der Waals surface area contributed by atoms with E-state index >= 15 is 0 Å². The van der Waals surface area contributed by atoms with Crippen LogP contribution in [0.1, 0.15) is 5.56 Å². The lowest BCUT2D eigenvalue weighted by Gasteiger charge is -2.14. The highest BCUT2D eigenvalue weighted by Gasteiger charge is 2.22. The van der Waals surface area contributed by atoms with Crippen LogP contribution in [0.5, 0.6) is 23.0 Å². The maximum atomic E-state index is 12.9.